The van der Waals surface area contributed by atoms with Crippen molar-refractivity contribution in [1.29, 1.82) is 0 Å². The van der Waals surface area contributed by atoms with Crippen LogP contribution in [0.5, 0.6) is 0 Å². The summed E-state index contributed by atoms with van der Waals surface area (Å²) in [5, 5.41) is 21.8. The highest BCUT2D eigenvalue weighted by Gasteiger charge is 2.23. The Labute approximate surface area is 97.6 Å². The minimum absolute atomic E-state index is 0.212. The van der Waals surface area contributed by atoms with Gasteiger partial charge in [0.05, 0.1) is 18.8 Å². The Hall–Kier alpha value is -0.600. The molecule has 3 N–H and O–H groups in total. The first-order valence-electron chi connectivity index (χ1n) is 5.80. The van der Waals surface area contributed by atoms with Crippen molar-refractivity contribution in [1.82, 2.24) is 10.2 Å². The Balaban J connectivity index is 2.20. The molecular formula is C12H22N2O2. The molecule has 1 saturated heterocycles. The van der Waals surface area contributed by atoms with Crippen LogP contribution in [0.1, 0.15) is 19.8 Å². The molecule has 0 bridgehead atoms. The fourth-order valence-electron chi connectivity index (χ4n) is 1.84. The standard InChI is InChI=1S/C12H22N2O2/c1-3-6-14-7-4-11(5-8-14)13-9-12(2,16)10-15/h1,11,13,15-16H,4-10H2,2H3. The van der Waals surface area contributed by atoms with Gasteiger partial charge < -0.3 is 15.5 Å². The number of piperidine rings is 1. The van der Waals surface area contributed by atoms with E-state index in [0.717, 1.165) is 32.5 Å². The molecule has 1 aliphatic rings. The molecule has 1 heterocycles. The molecule has 0 saturated carbocycles. The largest absolute Gasteiger partial charge is 0.393 e. The van der Waals surface area contributed by atoms with Crippen LogP contribution in [0.2, 0.25) is 0 Å². The third kappa shape index (κ3) is 4.50. The SMILES string of the molecule is C#CCN1CCC(NCC(C)(O)CO)CC1. The van der Waals surface area contributed by atoms with Gasteiger partial charge in [0.1, 0.15) is 0 Å². The molecule has 0 aromatic rings. The van der Waals surface area contributed by atoms with Crippen LogP contribution in [0.15, 0.2) is 0 Å². The molecule has 0 aromatic carbocycles. The molecule has 16 heavy (non-hydrogen) atoms. The van der Waals surface area contributed by atoms with Crippen LogP contribution in [0.4, 0.5) is 0 Å². The molecule has 0 aliphatic carbocycles. The highest BCUT2D eigenvalue weighted by Crippen LogP contribution is 2.10. The van der Waals surface area contributed by atoms with Crippen LogP contribution < -0.4 is 5.32 Å². The van der Waals surface area contributed by atoms with E-state index in [0.29, 0.717) is 12.6 Å². The second-order valence-electron chi connectivity index (χ2n) is 4.79. The summed E-state index contributed by atoms with van der Waals surface area (Å²) < 4.78 is 0. The first kappa shape index (κ1) is 13.5. The summed E-state index contributed by atoms with van der Waals surface area (Å²) in [6.07, 6.45) is 7.35. The van der Waals surface area contributed by atoms with Gasteiger partial charge in [-0.15, -0.1) is 6.42 Å². The van der Waals surface area contributed by atoms with E-state index in [9.17, 15) is 5.11 Å². The number of nitrogens with one attached hydrogen (secondary N) is 1. The predicted octanol–water partition coefficient (Wildman–Crippen LogP) is -0.583. The molecule has 0 radical (unpaired) electrons. The van der Waals surface area contributed by atoms with Gasteiger partial charge in [0.25, 0.3) is 0 Å². The zero-order valence-electron chi connectivity index (χ0n) is 9.95. The lowest BCUT2D eigenvalue weighted by Crippen LogP contribution is -2.48. The molecule has 0 aromatic heterocycles. The molecule has 1 rings (SSSR count). The predicted molar refractivity (Wildman–Crippen MR) is 64.0 cm³/mol. The number of aliphatic hydroxyl groups is 2. The first-order valence-corrected chi connectivity index (χ1v) is 5.80. The minimum atomic E-state index is -1.02. The lowest BCUT2D eigenvalue weighted by atomic mass is 10.0. The van der Waals surface area contributed by atoms with Crippen molar-refractivity contribution in [2.24, 2.45) is 0 Å². The van der Waals surface area contributed by atoms with Crippen LogP contribution in [0.25, 0.3) is 0 Å². The van der Waals surface area contributed by atoms with Gasteiger partial charge in [-0.05, 0) is 19.8 Å². The van der Waals surface area contributed by atoms with Crippen molar-refractivity contribution >= 4 is 0 Å². The maximum atomic E-state index is 9.64. The Morgan fingerprint density at radius 3 is 2.62 bits per heavy atom. The van der Waals surface area contributed by atoms with E-state index in [-0.39, 0.29) is 6.61 Å². The number of terminal acetylenes is 1. The number of hydrogen-bond acceptors (Lipinski definition) is 4. The molecule has 92 valence electrons. The molecule has 4 heteroatoms. The summed E-state index contributed by atoms with van der Waals surface area (Å²) in [5.74, 6) is 2.65. The van der Waals surface area contributed by atoms with Gasteiger partial charge in [-0.2, -0.15) is 0 Å². The topological polar surface area (TPSA) is 55.7 Å². The van der Waals surface area contributed by atoms with E-state index in [1.165, 1.54) is 0 Å². The summed E-state index contributed by atoms with van der Waals surface area (Å²) in [6.45, 7) is 4.58. The number of aliphatic hydroxyl groups excluding tert-OH is 1. The summed E-state index contributed by atoms with van der Waals surface area (Å²) in [7, 11) is 0. The van der Waals surface area contributed by atoms with Crippen molar-refractivity contribution in [2.75, 3.05) is 32.8 Å². The average molecular weight is 226 g/mol. The molecule has 1 aliphatic heterocycles. The highest BCUT2D eigenvalue weighted by atomic mass is 16.3. The fourth-order valence-corrected chi connectivity index (χ4v) is 1.84. The maximum absolute atomic E-state index is 9.64. The molecule has 0 spiro atoms. The molecule has 1 unspecified atom stereocenters. The quantitative estimate of drug-likeness (QED) is 0.549. The monoisotopic (exact) mass is 226 g/mol. The second kappa shape index (κ2) is 6.21. The number of likely N-dealkylation sites (tertiary alicyclic amines) is 1. The third-order valence-corrected chi connectivity index (χ3v) is 3.01. The average Bonchev–Trinajstić information content (AvgIpc) is 2.29. The fraction of sp³-hybridized carbons (Fsp3) is 0.833. The third-order valence-electron chi connectivity index (χ3n) is 3.01. The molecule has 1 fully saturated rings. The molecule has 0 amide bonds. The van der Waals surface area contributed by atoms with Gasteiger partial charge in [-0.3, -0.25) is 4.90 Å². The number of hydrogen-bond donors (Lipinski definition) is 3. The highest BCUT2D eigenvalue weighted by molar-refractivity contribution is 4.90. The lowest BCUT2D eigenvalue weighted by Gasteiger charge is -2.33. The van der Waals surface area contributed by atoms with Crippen LogP contribution in [-0.4, -0.2) is 59.5 Å². The Morgan fingerprint density at radius 2 is 2.12 bits per heavy atom. The Morgan fingerprint density at radius 1 is 1.50 bits per heavy atom. The zero-order chi connectivity index (χ0) is 12.0. The maximum Gasteiger partial charge on any atom is 0.0972 e. The van der Waals surface area contributed by atoms with Crippen molar-refractivity contribution in [2.45, 2.75) is 31.4 Å². The van der Waals surface area contributed by atoms with Crippen LogP contribution in [0.3, 0.4) is 0 Å². The van der Waals surface area contributed by atoms with E-state index in [4.69, 9.17) is 11.5 Å². The minimum Gasteiger partial charge on any atom is -0.393 e. The number of nitrogens with zero attached hydrogens (tertiary/aromatic N) is 1. The summed E-state index contributed by atoms with van der Waals surface area (Å²) >= 11 is 0. The van der Waals surface area contributed by atoms with E-state index in [2.05, 4.69) is 16.1 Å². The van der Waals surface area contributed by atoms with Gasteiger partial charge in [0, 0.05) is 25.7 Å². The molecule has 4 nitrogen and oxygen atoms in total. The van der Waals surface area contributed by atoms with Crippen molar-refractivity contribution in [3.63, 3.8) is 0 Å². The van der Waals surface area contributed by atoms with Crippen molar-refractivity contribution in [3.05, 3.63) is 0 Å². The smallest absolute Gasteiger partial charge is 0.0972 e. The van der Waals surface area contributed by atoms with E-state index in [1.54, 1.807) is 6.92 Å². The first-order chi connectivity index (χ1) is 7.57. The lowest BCUT2D eigenvalue weighted by molar-refractivity contribution is -0.000800. The van der Waals surface area contributed by atoms with Crippen LogP contribution in [0, 0.1) is 12.3 Å². The van der Waals surface area contributed by atoms with Crippen molar-refractivity contribution in [3.8, 4) is 12.3 Å². The second-order valence-corrected chi connectivity index (χ2v) is 4.79. The molecular weight excluding hydrogens is 204 g/mol. The van der Waals surface area contributed by atoms with Crippen molar-refractivity contribution < 1.29 is 10.2 Å². The van der Waals surface area contributed by atoms with Gasteiger partial charge in [-0.1, -0.05) is 5.92 Å². The van der Waals surface area contributed by atoms with Crippen LogP contribution in [-0.2, 0) is 0 Å². The van der Waals surface area contributed by atoms with Gasteiger partial charge >= 0.3 is 0 Å². The zero-order valence-corrected chi connectivity index (χ0v) is 9.95. The Kier molecular flexibility index (Phi) is 5.23. The van der Waals surface area contributed by atoms with Gasteiger partial charge in [0.2, 0.25) is 0 Å². The molecule has 1 atom stereocenters. The van der Waals surface area contributed by atoms with E-state index in [1.807, 2.05) is 0 Å². The summed E-state index contributed by atoms with van der Waals surface area (Å²) in [6, 6.07) is 0.423. The van der Waals surface area contributed by atoms with Gasteiger partial charge in [-0.25, -0.2) is 0 Å². The summed E-state index contributed by atoms with van der Waals surface area (Å²) in [5.41, 5.74) is -1.02. The van der Waals surface area contributed by atoms with E-state index >= 15 is 0 Å². The van der Waals surface area contributed by atoms with Gasteiger partial charge in [0.15, 0.2) is 0 Å². The van der Waals surface area contributed by atoms with Crippen LogP contribution >= 0.6 is 0 Å². The van der Waals surface area contributed by atoms with E-state index < -0.39 is 5.60 Å². The summed E-state index contributed by atoms with van der Waals surface area (Å²) in [4.78, 5) is 2.25. The Bertz CT molecular complexity index is 240. The normalized spacial score (nSPS) is 22.6. The number of rotatable bonds is 5.